The molecule has 0 radical (unpaired) electrons. The Morgan fingerprint density at radius 1 is 1.43 bits per heavy atom. The first kappa shape index (κ1) is 11.5. The Hall–Kier alpha value is -0.600. The minimum absolute atomic E-state index is 0.0551. The van der Waals surface area contributed by atoms with Crippen LogP contribution < -0.4 is 0 Å². The van der Waals surface area contributed by atoms with Gasteiger partial charge in [0, 0.05) is 5.92 Å². The molecule has 0 aliphatic rings. The van der Waals surface area contributed by atoms with Gasteiger partial charge in [0.05, 0.1) is 10.7 Å². The molecule has 0 fully saturated rings. The van der Waals surface area contributed by atoms with E-state index in [4.69, 9.17) is 23.2 Å². The molecule has 14 heavy (non-hydrogen) atoms. The maximum atomic E-state index is 12.8. The van der Waals surface area contributed by atoms with Crippen LogP contribution in [0.4, 0.5) is 10.1 Å². The van der Waals surface area contributed by atoms with E-state index >= 15 is 0 Å². The Morgan fingerprint density at radius 2 is 2.07 bits per heavy atom. The van der Waals surface area contributed by atoms with Gasteiger partial charge < -0.3 is 0 Å². The first-order chi connectivity index (χ1) is 6.50. The van der Waals surface area contributed by atoms with E-state index in [0.717, 1.165) is 0 Å². The number of hydrogen-bond donors (Lipinski definition) is 0. The van der Waals surface area contributed by atoms with Crippen molar-refractivity contribution in [3.63, 3.8) is 0 Å². The molecule has 4 heteroatoms. The largest absolute Gasteiger partial charge is 0.241 e. The Morgan fingerprint density at radius 3 is 2.57 bits per heavy atom. The third-order valence-corrected chi connectivity index (χ3v) is 2.43. The molecular weight excluding hydrogens is 224 g/mol. The fraction of sp³-hybridized carbons (Fsp3) is 0.300. The number of hydrogen-bond acceptors (Lipinski definition) is 1. The molecule has 0 aliphatic heterocycles. The van der Waals surface area contributed by atoms with Crippen LogP contribution in [0.3, 0.4) is 0 Å². The van der Waals surface area contributed by atoms with Gasteiger partial charge in [-0.2, -0.15) is 0 Å². The van der Waals surface area contributed by atoms with Crippen molar-refractivity contribution in [2.45, 2.75) is 13.8 Å². The fourth-order valence-corrected chi connectivity index (χ4v) is 1.08. The maximum Gasteiger partial charge on any atom is 0.141 e. The molecule has 0 bridgehead atoms. The molecular formula is C10H10Cl2FN. The van der Waals surface area contributed by atoms with Crippen molar-refractivity contribution in [2.75, 3.05) is 0 Å². The lowest BCUT2D eigenvalue weighted by atomic mass is 10.2. The molecule has 0 atom stereocenters. The molecule has 0 aliphatic carbocycles. The van der Waals surface area contributed by atoms with E-state index in [1.54, 1.807) is 0 Å². The third-order valence-electron chi connectivity index (χ3n) is 1.62. The summed E-state index contributed by atoms with van der Waals surface area (Å²) < 4.78 is 12.8. The van der Waals surface area contributed by atoms with Crippen LogP contribution in [-0.2, 0) is 0 Å². The number of benzene rings is 1. The van der Waals surface area contributed by atoms with Gasteiger partial charge in [0.1, 0.15) is 11.0 Å². The second-order valence-electron chi connectivity index (χ2n) is 3.19. The molecule has 0 unspecified atom stereocenters. The molecule has 1 aromatic carbocycles. The standard InChI is InChI=1S/C10H10Cl2FN/c1-6(2)10(12)14-7-3-4-9(13)8(11)5-7/h3-6H,1-2H3/b14-10-. The van der Waals surface area contributed by atoms with Gasteiger partial charge in [-0.1, -0.05) is 37.0 Å². The highest BCUT2D eigenvalue weighted by atomic mass is 35.5. The lowest BCUT2D eigenvalue weighted by Gasteiger charge is -2.02. The second kappa shape index (κ2) is 4.76. The first-order valence-electron chi connectivity index (χ1n) is 4.20. The summed E-state index contributed by atoms with van der Waals surface area (Å²) in [6, 6.07) is 4.25. The molecule has 0 amide bonds. The van der Waals surface area contributed by atoms with E-state index in [-0.39, 0.29) is 10.9 Å². The van der Waals surface area contributed by atoms with Crippen molar-refractivity contribution in [1.82, 2.24) is 0 Å². The summed E-state index contributed by atoms with van der Waals surface area (Å²) >= 11 is 11.4. The van der Waals surface area contributed by atoms with Crippen LogP contribution in [0.5, 0.6) is 0 Å². The van der Waals surface area contributed by atoms with Crippen molar-refractivity contribution in [3.05, 3.63) is 29.0 Å². The highest BCUT2D eigenvalue weighted by Gasteiger charge is 2.03. The molecule has 0 aromatic heterocycles. The smallest absolute Gasteiger partial charge is 0.141 e. The lowest BCUT2D eigenvalue weighted by Crippen LogP contribution is -1.97. The monoisotopic (exact) mass is 233 g/mol. The Labute approximate surface area is 92.6 Å². The quantitative estimate of drug-likeness (QED) is 0.672. The van der Waals surface area contributed by atoms with E-state index in [0.29, 0.717) is 10.9 Å². The summed E-state index contributed by atoms with van der Waals surface area (Å²) in [5.74, 6) is -0.299. The Kier molecular flexibility index (Phi) is 3.90. The van der Waals surface area contributed by atoms with Crippen LogP contribution >= 0.6 is 23.2 Å². The van der Waals surface area contributed by atoms with E-state index in [2.05, 4.69) is 4.99 Å². The predicted octanol–water partition coefficient (Wildman–Crippen LogP) is 4.40. The summed E-state index contributed by atoms with van der Waals surface area (Å²) in [7, 11) is 0. The zero-order valence-electron chi connectivity index (χ0n) is 7.89. The normalized spacial score (nSPS) is 12.3. The second-order valence-corrected chi connectivity index (χ2v) is 3.98. The van der Waals surface area contributed by atoms with Crippen LogP contribution in [0, 0.1) is 11.7 Å². The molecule has 1 rings (SSSR count). The summed E-state index contributed by atoms with van der Waals surface area (Å²) in [5.41, 5.74) is 0.565. The molecule has 0 saturated heterocycles. The molecule has 0 saturated carbocycles. The molecule has 1 nitrogen and oxygen atoms in total. The Bertz CT molecular complexity index is 361. The number of rotatable bonds is 2. The van der Waals surface area contributed by atoms with E-state index in [1.165, 1.54) is 18.2 Å². The molecule has 0 N–H and O–H groups in total. The van der Waals surface area contributed by atoms with E-state index in [1.807, 2.05) is 13.8 Å². The van der Waals surface area contributed by atoms with Gasteiger partial charge in [-0.05, 0) is 18.2 Å². The summed E-state index contributed by atoms with van der Waals surface area (Å²) in [5, 5.41) is 0.534. The SMILES string of the molecule is CC(C)/C(Cl)=N/c1ccc(F)c(Cl)c1. The van der Waals surface area contributed by atoms with Gasteiger partial charge in [0.2, 0.25) is 0 Å². The lowest BCUT2D eigenvalue weighted by molar-refractivity contribution is 0.628. The van der Waals surface area contributed by atoms with Gasteiger partial charge in [-0.25, -0.2) is 9.38 Å². The average Bonchev–Trinajstić information content (AvgIpc) is 2.11. The maximum absolute atomic E-state index is 12.8. The zero-order valence-corrected chi connectivity index (χ0v) is 9.40. The molecule has 0 heterocycles. The average molecular weight is 234 g/mol. The van der Waals surface area contributed by atoms with Crippen LogP contribution in [-0.4, -0.2) is 5.17 Å². The minimum atomic E-state index is -0.453. The zero-order chi connectivity index (χ0) is 10.7. The van der Waals surface area contributed by atoms with Crippen molar-refractivity contribution in [3.8, 4) is 0 Å². The predicted molar refractivity (Wildman–Crippen MR) is 59.2 cm³/mol. The summed E-state index contributed by atoms with van der Waals surface area (Å²) in [4.78, 5) is 4.09. The van der Waals surface area contributed by atoms with E-state index in [9.17, 15) is 4.39 Å². The Balaban J connectivity index is 2.98. The van der Waals surface area contributed by atoms with Crippen LogP contribution in [0.25, 0.3) is 0 Å². The van der Waals surface area contributed by atoms with Gasteiger partial charge in [-0.15, -0.1) is 0 Å². The topological polar surface area (TPSA) is 12.4 Å². The number of aliphatic imine (C=N–C) groups is 1. The van der Waals surface area contributed by atoms with Crippen molar-refractivity contribution >= 4 is 34.1 Å². The van der Waals surface area contributed by atoms with Crippen molar-refractivity contribution in [2.24, 2.45) is 10.9 Å². The fourth-order valence-electron chi connectivity index (χ4n) is 0.807. The highest BCUT2D eigenvalue weighted by molar-refractivity contribution is 6.66. The summed E-state index contributed by atoms with van der Waals surface area (Å²) in [6.45, 7) is 3.86. The van der Waals surface area contributed by atoms with E-state index < -0.39 is 5.82 Å². The van der Waals surface area contributed by atoms with Crippen molar-refractivity contribution in [1.29, 1.82) is 0 Å². The number of halogens is 3. The van der Waals surface area contributed by atoms with Gasteiger partial charge >= 0.3 is 0 Å². The van der Waals surface area contributed by atoms with Gasteiger partial charge in [0.15, 0.2) is 0 Å². The first-order valence-corrected chi connectivity index (χ1v) is 4.95. The third kappa shape index (κ3) is 2.96. The van der Waals surface area contributed by atoms with Crippen LogP contribution in [0.2, 0.25) is 5.02 Å². The molecule has 0 spiro atoms. The van der Waals surface area contributed by atoms with Crippen LogP contribution in [0.15, 0.2) is 23.2 Å². The van der Waals surface area contributed by atoms with Crippen LogP contribution in [0.1, 0.15) is 13.8 Å². The molecule has 1 aromatic rings. The van der Waals surface area contributed by atoms with Gasteiger partial charge in [-0.3, -0.25) is 0 Å². The molecule has 76 valence electrons. The van der Waals surface area contributed by atoms with Crippen molar-refractivity contribution < 1.29 is 4.39 Å². The minimum Gasteiger partial charge on any atom is -0.241 e. The summed E-state index contributed by atoms with van der Waals surface area (Å²) in [6.07, 6.45) is 0. The highest BCUT2D eigenvalue weighted by Crippen LogP contribution is 2.22. The number of nitrogens with zero attached hydrogens (tertiary/aromatic N) is 1. The van der Waals surface area contributed by atoms with Gasteiger partial charge in [0.25, 0.3) is 0 Å².